The van der Waals surface area contributed by atoms with Gasteiger partial charge in [0.25, 0.3) is 0 Å². The molecule has 0 aliphatic rings. The molecule has 2 heterocycles. The summed E-state index contributed by atoms with van der Waals surface area (Å²) in [6.45, 7) is 0.222. The van der Waals surface area contributed by atoms with Crippen molar-refractivity contribution in [3.63, 3.8) is 0 Å². The van der Waals surface area contributed by atoms with E-state index in [0.29, 0.717) is 0 Å². The van der Waals surface area contributed by atoms with Gasteiger partial charge in [0.2, 0.25) is 0 Å². The Morgan fingerprint density at radius 3 is 2.67 bits per heavy atom. The van der Waals surface area contributed by atoms with Crippen molar-refractivity contribution in [2.45, 2.75) is 12.8 Å². The average molecular weight is 280 g/mol. The maximum atomic E-state index is 8.84. The fourth-order valence-electron chi connectivity index (χ4n) is 2.14. The van der Waals surface area contributed by atoms with Gasteiger partial charge in [-0.2, -0.15) is 0 Å². The van der Waals surface area contributed by atoms with Crippen LogP contribution in [-0.2, 0) is 6.42 Å². The van der Waals surface area contributed by atoms with Crippen molar-refractivity contribution in [2.75, 3.05) is 6.61 Å². The number of aliphatic hydroxyl groups excluding tert-OH is 1. The monoisotopic (exact) mass is 280 g/mol. The van der Waals surface area contributed by atoms with Crippen LogP contribution in [0.5, 0.6) is 0 Å². The molecule has 0 spiro atoms. The smallest absolute Gasteiger partial charge is 0.115 e. The number of aromatic nitrogens is 4. The van der Waals surface area contributed by atoms with Crippen LogP contribution in [0, 0.1) is 0 Å². The van der Waals surface area contributed by atoms with Crippen LogP contribution < -0.4 is 0 Å². The molecule has 0 bridgehead atoms. The first kappa shape index (κ1) is 13.5. The van der Waals surface area contributed by atoms with Crippen LogP contribution in [0.25, 0.3) is 16.9 Å². The summed E-state index contributed by atoms with van der Waals surface area (Å²) >= 11 is 0. The lowest BCUT2D eigenvalue weighted by atomic mass is 10.1. The largest absolute Gasteiger partial charge is 0.396 e. The molecule has 0 aliphatic carbocycles. The normalized spacial score (nSPS) is 10.7. The van der Waals surface area contributed by atoms with Gasteiger partial charge in [-0.1, -0.05) is 17.3 Å². The van der Waals surface area contributed by atoms with E-state index in [-0.39, 0.29) is 6.61 Å². The molecular formula is C16H16N4O. The first-order valence-electron chi connectivity index (χ1n) is 6.90. The zero-order valence-electron chi connectivity index (χ0n) is 11.6. The molecule has 5 heteroatoms. The van der Waals surface area contributed by atoms with E-state index >= 15 is 0 Å². The average Bonchev–Trinajstić information content (AvgIpc) is 3.04. The topological polar surface area (TPSA) is 63.8 Å². The summed E-state index contributed by atoms with van der Waals surface area (Å²) in [5.74, 6) is 0. The van der Waals surface area contributed by atoms with Gasteiger partial charge in [0, 0.05) is 24.6 Å². The predicted octanol–water partition coefficient (Wildman–Crippen LogP) is 2.25. The number of nitrogens with zero attached hydrogens (tertiary/aromatic N) is 4. The number of benzene rings is 1. The van der Waals surface area contributed by atoms with Crippen LogP contribution in [-0.4, -0.2) is 31.7 Å². The van der Waals surface area contributed by atoms with Gasteiger partial charge >= 0.3 is 0 Å². The Bertz CT molecular complexity index is 692. The van der Waals surface area contributed by atoms with Crippen molar-refractivity contribution >= 4 is 0 Å². The minimum atomic E-state index is 0.222. The van der Waals surface area contributed by atoms with E-state index in [1.54, 1.807) is 17.1 Å². The molecule has 5 nitrogen and oxygen atoms in total. The fourth-order valence-corrected chi connectivity index (χ4v) is 2.14. The molecule has 1 aromatic carbocycles. The fraction of sp³-hybridized carbons (Fsp3) is 0.188. The van der Waals surface area contributed by atoms with E-state index in [1.165, 1.54) is 5.56 Å². The Hall–Kier alpha value is -2.53. The Morgan fingerprint density at radius 2 is 1.95 bits per heavy atom. The lowest BCUT2D eigenvalue weighted by molar-refractivity contribution is 0.288. The molecule has 0 fully saturated rings. The molecule has 0 radical (unpaired) electrons. The van der Waals surface area contributed by atoms with Crippen LogP contribution >= 0.6 is 0 Å². The summed E-state index contributed by atoms with van der Waals surface area (Å²) in [6, 6.07) is 12.0. The first-order valence-corrected chi connectivity index (χ1v) is 6.90. The van der Waals surface area contributed by atoms with Gasteiger partial charge in [-0.3, -0.25) is 4.98 Å². The number of aliphatic hydroxyl groups is 1. The van der Waals surface area contributed by atoms with Crippen LogP contribution in [0.3, 0.4) is 0 Å². The third-order valence-corrected chi connectivity index (χ3v) is 3.28. The highest BCUT2D eigenvalue weighted by molar-refractivity contribution is 5.56. The molecule has 3 aromatic rings. The molecule has 3 rings (SSSR count). The van der Waals surface area contributed by atoms with Gasteiger partial charge < -0.3 is 5.11 Å². The Labute approximate surface area is 122 Å². The molecule has 0 unspecified atom stereocenters. The summed E-state index contributed by atoms with van der Waals surface area (Å²) in [5, 5.41) is 17.2. The third kappa shape index (κ3) is 3.14. The molecular weight excluding hydrogens is 264 g/mol. The summed E-state index contributed by atoms with van der Waals surface area (Å²) < 4.78 is 1.75. The zero-order valence-corrected chi connectivity index (χ0v) is 11.6. The molecule has 0 saturated heterocycles. The minimum Gasteiger partial charge on any atom is -0.396 e. The van der Waals surface area contributed by atoms with Crippen LogP contribution in [0.1, 0.15) is 12.0 Å². The second-order valence-electron chi connectivity index (χ2n) is 4.78. The number of pyridine rings is 1. The molecule has 0 atom stereocenters. The maximum absolute atomic E-state index is 8.84. The quantitative estimate of drug-likeness (QED) is 0.778. The Balaban J connectivity index is 1.80. The van der Waals surface area contributed by atoms with E-state index < -0.39 is 0 Å². The third-order valence-electron chi connectivity index (χ3n) is 3.28. The molecule has 106 valence electrons. The summed E-state index contributed by atoms with van der Waals surface area (Å²) in [5.41, 5.74) is 3.92. The van der Waals surface area contributed by atoms with Gasteiger partial charge in [0.1, 0.15) is 5.69 Å². The highest BCUT2D eigenvalue weighted by Gasteiger charge is 2.05. The number of hydrogen-bond donors (Lipinski definition) is 1. The Kier molecular flexibility index (Phi) is 4.02. The first-order chi connectivity index (χ1) is 10.4. The standard InChI is InChI=1S/C16H16N4O/c21-10-2-3-13-5-7-15(8-6-13)20-12-16(18-19-20)14-4-1-9-17-11-14/h1,4-9,11-12,21H,2-3,10H2. The molecule has 1 N–H and O–H groups in total. The van der Waals surface area contributed by atoms with Crippen LogP contribution in [0.4, 0.5) is 0 Å². The molecule has 21 heavy (non-hydrogen) atoms. The van der Waals surface area contributed by atoms with Crippen molar-refractivity contribution in [3.8, 4) is 16.9 Å². The van der Waals surface area contributed by atoms with Gasteiger partial charge in [0.15, 0.2) is 0 Å². The predicted molar refractivity (Wildman–Crippen MR) is 80.0 cm³/mol. The second-order valence-corrected chi connectivity index (χ2v) is 4.78. The van der Waals surface area contributed by atoms with Crippen LogP contribution in [0.2, 0.25) is 0 Å². The number of aryl methyl sites for hydroxylation is 1. The van der Waals surface area contributed by atoms with E-state index in [4.69, 9.17) is 5.11 Å². The summed E-state index contributed by atoms with van der Waals surface area (Å²) in [7, 11) is 0. The van der Waals surface area contributed by atoms with E-state index in [0.717, 1.165) is 29.8 Å². The summed E-state index contributed by atoms with van der Waals surface area (Å²) in [4.78, 5) is 4.09. The van der Waals surface area contributed by atoms with Gasteiger partial charge in [0.05, 0.1) is 11.9 Å². The van der Waals surface area contributed by atoms with Crippen molar-refractivity contribution in [1.29, 1.82) is 0 Å². The highest BCUT2D eigenvalue weighted by atomic mass is 16.2. The lowest BCUT2D eigenvalue weighted by Gasteiger charge is -2.02. The van der Waals surface area contributed by atoms with E-state index in [9.17, 15) is 0 Å². The van der Waals surface area contributed by atoms with Crippen molar-refractivity contribution < 1.29 is 5.11 Å². The number of hydrogen-bond acceptors (Lipinski definition) is 4. The van der Waals surface area contributed by atoms with Crippen molar-refractivity contribution in [3.05, 3.63) is 60.6 Å². The molecule has 2 aromatic heterocycles. The van der Waals surface area contributed by atoms with Crippen LogP contribution in [0.15, 0.2) is 55.0 Å². The lowest BCUT2D eigenvalue weighted by Crippen LogP contribution is -1.96. The van der Waals surface area contributed by atoms with Crippen molar-refractivity contribution in [2.24, 2.45) is 0 Å². The summed E-state index contributed by atoms with van der Waals surface area (Å²) in [6.07, 6.45) is 7.06. The minimum absolute atomic E-state index is 0.222. The van der Waals surface area contributed by atoms with Gasteiger partial charge in [-0.05, 0) is 42.7 Å². The Morgan fingerprint density at radius 1 is 1.10 bits per heavy atom. The second kappa shape index (κ2) is 6.28. The molecule has 0 aliphatic heterocycles. The van der Waals surface area contributed by atoms with Gasteiger partial charge in [-0.25, -0.2) is 4.68 Å². The zero-order chi connectivity index (χ0) is 14.5. The van der Waals surface area contributed by atoms with E-state index in [2.05, 4.69) is 27.4 Å². The van der Waals surface area contributed by atoms with E-state index in [1.807, 2.05) is 30.5 Å². The maximum Gasteiger partial charge on any atom is 0.115 e. The SMILES string of the molecule is OCCCc1ccc(-n2cc(-c3cccnc3)nn2)cc1. The van der Waals surface area contributed by atoms with Gasteiger partial charge in [-0.15, -0.1) is 5.10 Å². The molecule has 0 saturated carbocycles. The number of rotatable bonds is 5. The van der Waals surface area contributed by atoms with Crippen molar-refractivity contribution in [1.82, 2.24) is 20.0 Å². The highest BCUT2D eigenvalue weighted by Crippen LogP contribution is 2.16. The molecule has 0 amide bonds.